The van der Waals surface area contributed by atoms with Gasteiger partial charge >= 0.3 is 6.18 Å². The Hall–Kier alpha value is -0.560. The zero-order valence-corrected chi connectivity index (χ0v) is 14.2. The molecule has 0 bridgehead atoms. The lowest BCUT2D eigenvalue weighted by Crippen LogP contribution is -2.40. The predicted octanol–water partition coefficient (Wildman–Crippen LogP) is 5.06. The number of nitrogens with one attached hydrogen (secondary N) is 1. The van der Waals surface area contributed by atoms with Gasteiger partial charge in [0.2, 0.25) is 0 Å². The fourth-order valence-corrected chi connectivity index (χ4v) is 3.73. The molecule has 1 amide bonds. The number of carbonyl (C=O) groups excluding carboxylic acids is 1. The third kappa shape index (κ3) is 4.45. The molecule has 0 aromatic heterocycles. The Labute approximate surface area is 137 Å². The Kier molecular flexibility index (Phi) is 5.35. The maximum Gasteiger partial charge on any atom is 0.391 e. The highest BCUT2D eigenvalue weighted by Crippen LogP contribution is 2.37. The molecule has 21 heavy (non-hydrogen) atoms. The van der Waals surface area contributed by atoms with Gasteiger partial charge in [0, 0.05) is 15.0 Å². The van der Waals surface area contributed by atoms with Crippen molar-refractivity contribution in [2.75, 3.05) is 0 Å². The topological polar surface area (TPSA) is 29.1 Å². The van der Waals surface area contributed by atoms with Crippen molar-refractivity contribution in [2.45, 2.75) is 37.9 Å². The summed E-state index contributed by atoms with van der Waals surface area (Å²) in [6, 6.07) is 4.99. The maximum absolute atomic E-state index is 12.6. The molecule has 1 N–H and O–H groups in total. The van der Waals surface area contributed by atoms with Crippen molar-refractivity contribution >= 4 is 37.8 Å². The summed E-state index contributed by atoms with van der Waals surface area (Å²) in [7, 11) is 0. The zero-order chi connectivity index (χ0) is 15.6. The lowest BCUT2D eigenvalue weighted by Gasteiger charge is -2.30. The summed E-state index contributed by atoms with van der Waals surface area (Å²) in [6.45, 7) is 0. The molecule has 0 heterocycles. The van der Waals surface area contributed by atoms with Gasteiger partial charge in [0.05, 0.1) is 11.5 Å². The van der Waals surface area contributed by atoms with Crippen LogP contribution in [0.3, 0.4) is 0 Å². The SMILES string of the molecule is O=C(NC1CCC(C(F)(F)F)CC1)c1ccc(Br)cc1Br. The number of rotatable bonds is 2. The molecule has 7 heteroatoms. The quantitative estimate of drug-likeness (QED) is 0.700. The van der Waals surface area contributed by atoms with Gasteiger partial charge in [-0.05, 0) is 59.8 Å². The standard InChI is InChI=1S/C14H14Br2F3NO/c15-9-3-6-11(12(16)7-9)13(21)20-10-4-1-8(2-5-10)14(17,18)19/h3,6-8,10H,1-2,4-5H2,(H,20,21). The van der Waals surface area contributed by atoms with Gasteiger partial charge in [-0.1, -0.05) is 15.9 Å². The second kappa shape index (κ2) is 6.69. The Morgan fingerprint density at radius 1 is 1.14 bits per heavy atom. The number of hydrogen-bond acceptors (Lipinski definition) is 1. The van der Waals surface area contributed by atoms with Gasteiger partial charge in [-0.3, -0.25) is 4.79 Å². The summed E-state index contributed by atoms with van der Waals surface area (Å²) in [5, 5.41) is 2.82. The minimum absolute atomic E-state index is 0.0793. The van der Waals surface area contributed by atoms with Crippen LogP contribution < -0.4 is 5.32 Å². The third-order valence-corrected chi connectivity index (χ3v) is 4.85. The molecule has 1 aliphatic rings. The summed E-state index contributed by atoms with van der Waals surface area (Å²) in [5.74, 6) is -1.49. The van der Waals surface area contributed by atoms with E-state index >= 15 is 0 Å². The van der Waals surface area contributed by atoms with E-state index in [4.69, 9.17) is 0 Å². The zero-order valence-electron chi connectivity index (χ0n) is 11.0. The highest BCUT2D eigenvalue weighted by atomic mass is 79.9. The molecule has 0 radical (unpaired) electrons. The van der Waals surface area contributed by atoms with E-state index in [1.165, 1.54) is 0 Å². The Bertz CT molecular complexity index is 525. The number of alkyl halides is 3. The van der Waals surface area contributed by atoms with Gasteiger partial charge in [0.1, 0.15) is 0 Å². The van der Waals surface area contributed by atoms with Crippen molar-refractivity contribution in [1.82, 2.24) is 5.32 Å². The molecule has 0 aliphatic heterocycles. The molecule has 2 rings (SSSR count). The lowest BCUT2D eigenvalue weighted by molar-refractivity contribution is -0.182. The molecule has 0 spiro atoms. The molecule has 1 fully saturated rings. The van der Waals surface area contributed by atoms with Crippen LogP contribution in [0.4, 0.5) is 13.2 Å². The van der Waals surface area contributed by atoms with Crippen LogP contribution in [0.1, 0.15) is 36.0 Å². The Morgan fingerprint density at radius 2 is 1.76 bits per heavy atom. The highest BCUT2D eigenvalue weighted by Gasteiger charge is 2.41. The maximum atomic E-state index is 12.6. The van der Waals surface area contributed by atoms with Crippen molar-refractivity contribution < 1.29 is 18.0 Å². The minimum Gasteiger partial charge on any atom is -0.349 e. The van der Waals surface area contributed by atoms with Gasteiger partial charge in [-0.25, -0.2) is 0 Å². The van der Waals surface area contributed by atoms with Crippen molar-refractivity contribution in [1.29, 1.82) is 0 Å². The number of halogens is 5. The van der Waals surface area contributed by atoms with Crippen LogP contribution in [0.25, 0.3) is 0 Å². The van der Waals surface area contributed by atoms with E-state index in [2.05, 4.69) is 37.2 Å². The van der Waals surface area contributed by atoms with E-state index in [1.807, 2.05) is 0 Å². The van der Waals surface area contributed by atoms with E-state index in [0.29, 0.717) is 22.9 Å². The van der Waals surface area contributed by atoms with Gasteiger partial charge < -0.3 is 5.32 Å². The molecule has 1 aromatic carbocycles. The number of benzene rings is 1. The van der Waals surface area contributed by atoms with Gasteiger partial charge in [-0.2, -0.15) is 13.2 Å². The fourth-order valence-electron chi connectivity index (χ4n) is 2.50. The van der Waals surface area contributed by atoms with Crippen molar-refractivity contribution in [2.24, 2.45) is 5.92 Å². The first kappa shape index (κ1) is 16.8. The summed E-state index contributed by atoms with van der Waals surface area (Å²) >= 11 is 6.61. The van der Waals surface area contributed by atoms with Crippen LogP contribution in [0.15, 0.2) is 27.1 Å². The lowest BCUT2D eigenvalue weighted by atomic mass is 9.85. The molecular formula is C14H14Br2F3NO. The minimum atomic E-state index is -4.12. The van der Waals surface area contributed by atoms with Crippen LogP contribution >= 0.6 is 31.9 Å². The average Bonchev–Trinajstić information content (AvgIpc) is 2.38. The monoisotopic (exact) mass is 427 g/mol. The van der Waals surface area contributed by atoms with Crippen LogP contribution in [0, 0.1) is 5.92 Å². The smallest absolute Gasteiger partial charge is 0.349 e. The largest absolute Gasteiger partial charge is 0.391 e. The van der Waals surface area contributed by atoms with Crippen LogP contribution in [0.2, 0.25) is 0 Å². The van der Waals surface area contributed by atoms with Crippen LogP contribution in [-0.4, -0.2) is 18.1 Å². The molecule has 116 valence electrons. The molecule has 0 unspecified atom stereocenters. The first-order valence-electron chi connectivity index (χ1n) is 6.60. The van der Waals surface area contributed by atoms with E-state index in [-0.39, 0.29) is 24.8 Å². The summed E-state index contributed by atoms with van der Waals surface area (Å²) in [4.78, 5) is 12.1. The molecule has 0 atom stereocenters. The molecular weight excluding hydrogens is 415 g/mol. The normalized spacial score (nSPS) is 22.9. The third-order valence-electron chi connectivity index (χ3n) is 3.70. The van der Waals surface area contributed by atoms with Crippen molar-refractivity contribution in [3.63, 3.8) is 0 Å². The fraction of sp³-hybridized carbons (Fsp3) is 0.500. The predicted molar refractivity (Wildman–Crippen MR) is 81.1 cm³/mol. The highest BCUT2D eigenvalue weighted by molar-refractivity contribution is 9.11. The van der Waals surface area contributed by atoms with Crippen LogP contribution in [0.5, 0.6) is 0 Å². The first-order valence-corrected chi connectivity index (χ1v) is 8.18. The molecule has 1 aliphatic carbocycles. The molecule has 1 aromatic rings. The van der Waals surface area contributed by atoms with Crippen LogP contribution in [-0.2, 0) is 0 Å². The Morgan fingerprint density at radius 3 is 2.29 bits per heavy atom. The van der Waals surface area contributed by atoms with Crippen molar-refractivity contribution in [3.05, 3.63) is 32.7 Å². The Balaban J connectivity index is 1.93. The molecule has 2 nitrogen and oxygen atoms in total. The number of carbonyl (C=O) groups is 1. The van der Waals surface area contributed by atoms with Gasteiger partial charge in [0.25, 0.3) is 5.91 Å². The summed E-state index contributed by atoms with van der Waals surface area (Å²) in [6.07, 6.45) is -3.23. The van der Waals surface area contributed by atoms with E-state index in [0.717, 1.165) is 4.47 Å². The van der Waals surface area contributed by atoms with E-state index in [9.17, 15) is 18.0 Å². The van der Waals surface area contributed by atoms with Gasteiger partial charge in [-0.15, -0.1) is 0 Å². The molecule has 1 saturated carbocycles. The molecule has 0 saturated heterocycles. The average molecular weight is 429 g/mol. The van der Waals surface area contributed by atoms with Gasteiger partial charge in [0.15, 0.2) is 0 Å². The second-order valence-electron chi connectivity index (χ2n) is 5.19. The number of hydrogen-bond donors (Lipinski definition) is 1. The number of amides is 1. The van der Waals surface area contributed by atoms with E-state index in [1.54, 1.807) is 18.2 Å². The van der Waals surface area contributed by atoms with Crippen molar-refractivity contribution in [3.8, 4) is 0 Å². The van der Waals surface area contributed by atoms with E-state index < -0.39 is 12.1 Å². The second-order valence-corrected chi connectivity index (χ2v) is 6.96. The summed E-state index contributed by atoms with van der Waals surface area (Å²) in [5.41, 5.74) is 0.483. The summed E-state index contributed by atoms with van der Waals surface area (Å²) < 4.78 is 39.3. The first-order chi connectivity index (χ1) is 9.77.